The van der Waals surface area contributed by atoms with Crippen molar-refractivity contribution in [1.82, 2.24) is 0 Å². The van der Waals surface area contributed by atoms with Crippen molar-refractivity contribution in [1.29, 1.82) is 0 Å². The van der Waals surface area contributed by atoms with Crippen LogP contribution in [0.2, 0.25) is 0 Å². The molecule has 0 aromatic rings. The van der Waals surface area contributed by atoms with Crippen molar-refractivity contribution in [2.75, 3.05) is 0 Å². The average Bonchev–Trinajstić information content (AvgIpc) is 2.69. The van der Waals surface area contributed by atoms with Crippen LogP contribution in [0.4, 0.5) is 0 Å². The highest BCUT2D eigenvalue weighted by Crippen LogP contribution is 2.59. The van der Waals surface area contributed by atoms with Gasteiger partial charge in [0.15, 0.2) is 0 Å². The summed E-state index contributed by atoms with van der Waals surface area (Å²) in [4.78, 5) is 0. The van der Waals surface area contributed by atoms with Gasteiger partial charge in [-0.15, -0.1) is 6.58 Å². The van der Waals surface area contributed by atoms with Crippen molar-refractivity contribution in [2.45, 2.75) is 79.6 Å². The van der Waals surface area contributed by atoms with Crippen molar-refractivity contribution in [3.8, 4) is 0 Å². The molecule has 2 aliphatic carbocycles. The number of hydrogen-bond donors (Lipinski definition) is 0. The van der Waals surface area contributed by atoms with Gasteiger partial charge in [0.25, 0.3) is 0 Å². The van der Waals surface area contributed by atoms with Gasteiger partial charge in [0, 0.05) is 0 Å². The maximum absolute atomic E-state index is 3.36. The van der Waals surface area contributed by atoms with E-state index in [1.807, 2.05) is 6.92 Å². The Morgan fingerprint density at radius 1 is 1.32 bits per heavy atom. The zero-order chi connectivity index (χ0) is 14.5. The molecule has 5 atom stereocenters. The second-order valence-corrected chi connectivity index (χ2v) is 7.34. The van der Waals surface area contributed by atoms with Crippen LogP contribution in [0.25, 0.3) is 0 Å². The van der Waals surface area contributed by atoms with E-state index in [9.17, 15) is 0 Å². The van der Waals surface area contributed by atoms with E-state index in [0.717, 1.165) is 23.7 Å². The molecule has 0 heterocycles. The highest BCUT2D eigenvalue weighted by molar-refractivity contribution is 5.00. The van der Waals surface area contributed by atoms with E-state index >= 15 is 0 Å². The van der Waals surface area contributed by atoms with Crippen LogP contribution in [0.3, 0.4) is 0 Å². The third kappa shape index (κ3) is 3.64. The van der Waals surface area contributed by atoms with Gasteiger partial charge in [-0.25, -0.2) is 0 Å². The number of rotatable bonds is 3. The van der Waals surface area contributed by atoms with Gasteiger partial charge in [-0.3, -0.25) is 0 Å². The molecule has 0 amide bonds. The fourth-order valence-electron chi connectivity index (χ4n) is 5.20. The third-order valence-corrected chi connectivity index (χ3v) is 5.98. The molecule has 0 aromatic carbocycles. The van der Waals surface area contributed by atoms with Crippen LogP contribution in [0.15, 0.2) is 12.7 Å². The first-order chi connectivity index (χ1) is 9.01. The molecule has 0 N–H and O–H groups in total. The van der Waals surface area contributed by atoms with Crippen molar-refractivity contribution in [2.24, 2.45) is 29.1 Å². The van der Waals surface area contributed by atoms with E-state index in [0.29, 0.717) is 5.41 Å². The van der Waals surface area contributed by atoms with E-state index in [1.54, 1.807) is 6.08 Å². The van der Waals surface area contributed by atoms with Crippen LogP contribution >= 0.6 is 0 Å². The Bertz CT molecular complexity index is 267. The Morgan fingerprint density at radius 2 is 1.95 bits per heavy atom. The lowest BCUT2D eigenvalue weighted by Gasteiger charge is -2.46. The highest BCUT2D eigenvalue weighted by Gasteiger charge is 2.50. The lowest BCUT2D eigenvalue weighted by Crippen LogP contribution is -2.38. The monoisotopic (exact) mass is 264 g/mol. The van der Waals surface area contributed by atoms with Crippen LogP contribution in [-0.4, -0.2) is 0 Å². The maximum Gasteiger partial charge on any atom is -0.0264 e. The first-order valence-electron chi connectivity index (χ1n) is 8.58. The molecule has 2 rings (SSSR count). The van der Waals surface area contributed by atoms with Crippen LogP contribution in [0.1, 0.15) is 79.6 Å². The molecule has 0 saturated heterocycles. The van der Waals surface area contributed by atoms with Crippen LogP contribution in [0.5, 0.6) is 0 Å². The lowest BCUT2D eigenvalue weighted by molar-refractivity contribution is 0.0351. The summed E-state index contributed by atoms with van der Waals surface area (Å²) in [5, 5.41) is 0. The summed E-state index contributed by atoms with van der Waals surface area (Å²) < 4.78 is 0. The normalized spacial score (nSPS) is 38.9. The third-order valence-electron chi connectivity index (χ3n) is 5.98. The van der Waals surface area contributed by atoms with Crippen molar-refractivity contribution < 1.29 is 0 Å². The van der Waals surface area contributed by atoms with Crippen molar-refractivity contribution in [3.05, 3.63) is 12.7 Å². The number of fused-ring (bicyclic) bond motifs is 1. The molecule has 0 aliphatic heterocycles. The molecule has 19 heavy (non-hydrogen) atoms. The Balaban J connectivity index is 0.000000550. The first-order valence-corrected chi connectivity index (χ1v) is 8.58. The minimum absolute atomic E-state index is 0.701. The minimum atomic E-state index is 0.701. The number of allylic oxidation sites excluding steroid dienone is 1. The molecule has 2 fully saturated rings. The molecule has 2 saturated carbocycles. The summed E-state index contributed by atoms with van der Waals surface area (Å²) in [6.45, 7) is 15.2. The van der Waals surface area contributed by atoms with E-state index in [2.05, 4.69) is 34.3 Å². The van der Waals surface area contributed by atoms with E-state index < -0.39 is 0 Å². The smallest absolute Gasteiger partial charge is 0.0264 e. The zero-order valence-corrected chi connectivity index (χ0v) is 14.0. The molecular weight excluding hydrogens is 228 g/mol. The highest BCUT2D eigenvalue weighted by atomic mass is 14.6. The fraction of sp³-hybridized carbons (Fsp3) is 0.895. The van der Waals surface area contributed by atoms with Gasteiger partial charge in [0.1, 0.15) is 0 Å². The predicted molar refractivity (Wildman–Crippen MR) is 87.3 cm³/mol. The molecule has 0 aromatic heterocycles. The van der Waals surface area contributed by atoms with E-state index in [4.69, 9.17) is 0 Å². The second-order valence-electron chi connectivity index (χ2n) is 7.34. The van der Waals surface area contributed by atoms with Crippen LogP contribution < -0.4 is 0 Å². The number of hydrogen-bond acceptors (Lipinski definition) is 0. The summed E-state index contributed by atoms with van der Waals surface area (Å²) >= 11 is 0. The quantitative estimate of drug-likeness (QED) is 0.513. The molecule has 112 valence electrons. The van der Waals surface area contributed by atoms with Gasteiger partial charge in [0.2, 0.25) is 0 Å². The maximum atomic E-state index is 3.36. The second kappa shape index (κ2) is 7.50. The van der Waals surface area contributed by atoms with Crippen molar-refractivity contribution in [3.63, 3.8) is 0 Å². The Kier molecular flexibility index (Phi) is 6.63. The summed E-state index contributed by atoms with van der Waals surface area (Å²) in [5.74, 6) is 4.04. The molecule has 0 bridgehead atoms. The van der Waals surface area contributed by atoms with Gasteiger partial charge >= 0.3 is 0 Å². The molecule has 1 unspecified atom stereocenters. The Labute approximate surface area is 122 Å². The van der Waals surface area contributed by atoms with Gasteiger partial charge in [-0.1, -0.05) is 59.5 Å². The molecule has 0 radical (unpaired) electrons. The van der Waals surface area contributed by atoms with Gasteiger partial charge in [-0.2, -0.15) is 0 Å². The van der Waals surface area contributed by atoms with Crippen molar-refractivity contribution >= 4 is 0 Å². The molecular formula is C19H36. The molecule has 0 spiro atoms. The standard InChI is InChI=1S/C16H30.C3H6/c1-5-7-12(2)14-9-10-15-13(3)8-6-11-16(14,15)4;1-3-2/h12-15H,5-11H2,1-4H3;3H,1H2,2H3/t12-,13+,14-,15?,16-;/m1./s1. The minimum Gasteiger partial charge on any atom is -0.103 e. The Morgan fingerprint density at radius 3 is 2.53 bits per heavy atom. The average molecular weight is 264 g/mol. The lowest BCUT2D eigenvalue weighted by atomic mass is 9.59. The predicted octanol–water partition coefficient (Wildman–Crippen LogP) is 6.47. The van der Waals surface area contributed by atoms with Gasteiger partial charge in [0.05, 0.1) is 0 Å². The molecule has 0 heteroatoms. The van der Waals surface area contributed by atoms with Crippen LogP contribution in [-0.2, 0) is 0 Å². The summed E-state index contributed by atoms with van der Waals surface area (Å²) in [5.41, 5.74) is 0.701. The first kappa shape index (κ1) is 16.8. The molecule has 2 aliphatic rings. The fourth-order valence-corrected chi connectivity index (χ4v) is 5.20. The van der Waals surface area contributed by atoms with Gasteiger partial charge in [-0.05, 0) is 55.3 Å². The topological polar surface area (TPSA) is 0 Å². The molecule has 0 nitrogen and oxygen atoms in total. The van der Waals surface area contributed by atoms with E-state index in [1.165, 1.54) is 44.9 Å². The summed E-state index contributed by atoms with van der Waals surface area (Å²) in [6, 6.07) is 0. The van der Waals surface area contributed by atoms with Crippen LogP contribution in [0, 0.1) is 29.1 Å². The zero-order valence-electron chi connectivity index (χ0n) is 14.0. The largest absolute Gasteiger partial charge is 0.103 e. The summed E-state index contributed by atoms with van der Waals surface area (Å²) in [7, 11) is 0. The Hall–Kier alpha value is -0.260. The van der Waals surface area contributed by atoms with Gasteiger partial charge < -0.3 is 0 Å². The SMILES string of the molecule is C=CC.CCC[C@@H](C)[C@H]1CCC2[C@@H](C)CCC[C@@]21C. The van der Waals surface area contributed by atoms with E-state index in [-0.39, 0.29) is 0 Å². The summed E-state index contributed by atoms with van der Waals surface area (Å²) in [6.07, 6.45) is 12.1.